The smallest absolute Gasteiger partial charge is 0.228 e. The minimum atomic E-state index is 0.0923. The molecule has 0 bridgehead atoms. The van der Waals surface area contributed by atoms with Gasteiger partial charge in [0.25, 0.3) is 0 Å². The number of ether oxygens (including phenoxy) is 1. The lowest BCUT2D eigenvalue weighted by Crippen LogP contribution is -2.45. The SMILES string of the molecule is CC1OCCC1C(=O)N(CCBr)C1CCCC1. The Morgan fingerprint density at radius 2 is 2.06 bits per heavy atom. The van der Waals surface area contributed by atoms with Crippen LogP contribution in [0, 0.1) is 5.92 Å². The molecule has 1 heterocycles. The summed E-state index contributed by atoms with van der Waals surface area (Å²) in [7, 11) is 0. The zero-order valence-corrected chi connectivity index (χ0v) is 12.1. The van der Waals surface area contributed by atoms with Gasteiger partial charge in [-0.15, -0.1) is 0 Å². The summed E-state index contributed by atoms with van der Waals surface area (Å²) in [4.78, 5) is 14.7. The molecule has 0 aromatic rings. The van der Waals surface area contributed by atoms with Gasteiger partial charge in [-0.05, 0) is 26.2 Å². The van der Waals surface area contributed by atoms with E-state index in [4.69, 9.17) is 4.74 Å². The van der Waals surface area contributed by atoms with E-state index in [2.05, 4.69) is 20.8 Å². The summed E-state index contributed by atoms with van der Waals surface area (Å²) in [5.74, 6) is 0.413. The van der Waals surface area contributed by atoms with Crippen LogP contribution in [0.5, 0.6) is 0 Å². The summed E-state index contributed by atoms with van der Waals surface area (Å²) in [6, 6.07) is 0.479. The van der Waals surface area contributed by atoms with Gasteiger partial charge < -0.3 is 9.64 Å². The van der Waals surface area contributed by atoms with Gasteiger partial charge in [0.05, 0.1) is 12.0 Å². The van der Waals surface area contributed by atoms with Gasteiger partial charge in [-0.3, -0.25) is 4.79 Å². The van der Waals surface area contributed by atoms with Gasteiger partial charge in [0, 0.05) is 24.5 Å². The summed E-state index contributed by atoms with van der Waals surface area (Å²) in [5, 5.41) is 0.872. The number of hydrogen-bond acceptors (Lipinski definition) is 2. The Morgan fingerprint density at radius 3 is 2.59 bits per heavy atom. The van der Waals surface area contributed by atoms with E-state index in [1.807, 2.05) is 6.92 Å². The minimum Gasteiger partial charge on any atom is -0.378 e. The van der Waals surface area contributed by atoms with Crippen LogP contribution in [-0.2, 0) is 9.53 Å². The van der Waals surface area contributed by atoms with Crippen molar-refractivity contribution in [2.24, 2.45) is 5.92 Å². The molecule has 2 unspecified atom stereocenters. The second-order valence-corrected chi connectivity index (χ2v) is 5.92. The predicted molar refractivity (Wildman–Crippen MR) is 71.3 cm³/mol. The Hall–Kier alpha value is -0.0900. The van der Waals surface area contributed by atoms with Gasteiger partial charge in [0.1, 0.15) is 0 Å². The van der Waals surface area contributed by atoms with Gasteiger partial charge in [0.2, 0.25) is 5.91 Å². The first-order valence-corrected chi connectivity index (χ1v) is 7.84. The van der Waals surface area contributed by atoms with Gasteiger partial charge in [0.15, 0.2) is 0 Å². The number of carbonyl (C=O) groups excluding carboxylic acids is 1. The fraction of sp³-hybridized carbons (Fsp3) is 0.923. The summed E-state index contributed by atoms with van der Waals surface area (Å²) >= 11 is 3.46. The van der Waals surface area contributed by atoms with Crippen molar-refractivity contribution in [2.45, 2.75) is 51.2 Å². The number of alkyl halides is 1. The number of hydrogen-bond donors (Lipinski definition) is 0. The van der Waals surface area contributed by atoms with Crippen molar-refractivity contribution in [2.75, 3.05) is 18.5 Å². The molecule has 1 aliphatic carbocycles. The Bertz CT molecular complexity index is 266. The van der Waals surface area contributed by atoms with Crippen LogP contribution in [0.2, 0.25) is 0 Å². The van der Waals surface area contributed by atoms with Crippen LogP contribution in [-0.4, -0.2) is 41.4 Å². The molecule has 4 heteroatoms. The highest BCUT2D eigenvalue weighted by molar-refractivity contribution is 9.09. The highest BCUT2D eigenvalue weighted by atomic mass is 79.9. The van der Waals surface area contributed by atoms with Crippen LogP contribution in [0.25, 0.3) is 0 Å². The van der Waals surface area contributed by atoms with E-state index in [1.165, 1.54) is 25.7 Å². The average Bonchev–Trinajstić information content (AvgIpc) is 2.95. The molecule has 0 N–H and O–H groups in total. The third-order valence-electron chi connectivity index (χ3n) is 4.07. The van der Waals surface area contributed by atoms with E-state index in [0.29, 0.717) is 11.9 Å². The van der Waals surface area contributed by atoms with E-state index < -0.39 is 0 Å². The lowest BCUT2D eigenvalue weighted by molar-refractivity contribution is -0.139. The topological polar surface area (TPSA) is 29.5 Å². The molecule has 17 heavy (non-hydrogen) atoms. The molecule has 0 radical (unpaired) electrons. The fourth-order valence-electron chi connectivity index (χ4n) is 3.05. The summed E-state index contributed by atoms with van der Waals surface area (Å²) < 4.78 is 5.52. The molecule has 2 rings (SSSR count). The van der Waals surface area contributed by atoms with Crippen molar-refractivity contribution < 1.29 is 9.53 Å². The van der Waals surface area contributed by atoms with E-state index in [0.717, 1.165) is 24.9 Å². The monoisotopic (exact) mass is 303 g/mol. The Kier molecular flexibility index (Phi) is 4.86. The molecule has 98 valence electrons. The van der Waals surface area contributed by atoms with E-state index in [-0.39, 0.29) is 12.0 Å². The molecule has 1 saturated heterocycles. The zero-order valence-electron chi connectivity index (χ0n) is 10.5. The first kappa shape index (κ1) is 13.3. The first-order chi connectivity index (χ1) is 8.24. The maximum absolute atomic E-state index is 12.6. The second kappa shape index (κ2) is 6.19. The molecule has 2 fully saturated rings. The number of halogens is 1. The molecule has 1 amide bonds. The van der Waals surface area contributed by atoms with Crippen molar-refractivity contribution in [1.82, 2.24) is 4.90 Å². The molecular formula is C13H22BrNO2. The van der Waals surface area contributed by atoms with Crippen molar-refractivity contribution >= 4 is 21.8 Å². The van der Waals surface area contributed by atoms with Gasteiger partial charge in [-0.25, -0.2) is 0 Å². The fourth-order valence-corrected chi connectivity index (χ4v) is 3.43. The van der Waals surface area contributed by atoms with Gasteiger partial charge in [-0.2, -0.15) is 0 Å². The Balaban J connectivity index is 2.01. The normalized spacial score (nSPS) is 29.8. The summed E-state index contributed by atoms with van der Waals surface area (Å²) in [5.41, 5.74) is 0. The maximum Gasteiger partial charge on any atom is 0.228 e. The first-order valence-electron chi connectivity index (χ1n) is 6.72. The lowest BCUT2D eigenvalue weighted by Gasteiger charge is -2.31. The van der Waals surface area contributed by atoms with E-state index >= 15 is 0 Å². The van der Waals surface area contributed by atoms with Crippen LogP contribution in [0.15, 0.2) is 0 Å². The zero-order chi connectivity index (χ0) is 12.3. The molecule has 2 aliphatic rings. The number of amides is 1. The lowest BCUT2D eigenvalue weighted by atomic mass is 9.99. The van der Waals surface area contributed by atoms with Crippen LogP contribution < -0.4 is 0 Å². The number of nitrogens with zero attached hydrogens (tertiary/aromatic N) is 1. The third kappa shape index (κ3) is 3.02. The van der Waals surface area contributed by atoms with Crippen LogP contribution in [0.4, 0.5) is 0 Å². The second-order valence-electron chi connectivity index (χ2n) is 5.13. The standard InChI is InChI=1S/C13H22BrNO2/c1-10-12(6-9-17-10)13(16)15(8-7-14)11-4-2-3-5-11/h10-12H,2-9H2,1H3. The third-order valence-corrected chi connectivity index (χ3v) is 4.42. The quantitative estimate of drug-likeness (QED) is 0.747. The van der Waals surface area contributed by atoms with Crippen LogP contribution >= 0.6 is 15.9 Å². The molecule has 0 aromatic carbocycles. The number of rotatable bonds is 4. The van der Waals surface area contributed by atoms with E-state index in [9.17, 15) is 4.79 Å². The van der Waals surface area contributed by atoms with Crippen molar-refractivity contribution in [1.29, 1.82) is 0 Å². The maximum atomic E-state index is 12.6. The van der Waals surface area contributed by atoms with Crippen LogP contribution in [0.1, 0.15) is 39.0 Å². The van der Waals surface area contributed by atoms with Gasteiger partial charge >= 0.3 is 0 Å². The predicted octanol–water partition coefficient (Wildman–Crippen LogP) is 2.58. The largest absolute Gasteiger partial charge is 0.378 e. The highest BCUT2D eigenvalue weighted by Gasteiger charge is 2.36. The van der Waals surface area contributed by atoms with Crippen molar-refractivity contribution in [3.63, 3.8) is 0 Å². The van der Waals surface area contributed by atoms with E-state index in [1.54, 1.807) is 0 Å². The minimum absolute atomic E-state index is 0.0923. The van der Waals surface area contributed by atoms with Crippen molar-refractivity contribution in [3.05, 3.63) is 0 Å². The Labute approximate surface area is 112 Å². The van der Waals surface area contributed by atoms with Crippen LogP contribution in [0.3, 0.4) is 0 Å². The van der Waals surface area contributed by atoms with Gasteiger partial charge in [-0.1, -0.05) is 28.8 Å². The summed E-state index contributed by atoms with van der Waals surface area (Å²) in [6.07, 6.45) is 5.90. The molecule has 1 saturated carbocycles. The molecule has 0 aromatic heterocycles. The molecule has 0 spiro atoms. The molecule has 1 aliphatic heterocycles. The number of carbonyl (C=O) groups is 1. The average molecular weight is 304 g/mol. The molecular weight excluding hydrogens is 282 g/mol. The summed E-state index contributed by atoms with van der Waals surface area (Å²) in [6.45, 7) is 3.60. The Morgan fingerprint density at radius 1 is 1.35 bits per heavy atom. The molecule has 3 nitrogen and oxygen atoms in total. The van der Waals surface area contributed by atoms with Crippen molar-refractivity contribution in [3.8, 4) is 0 Å². The highest BCUT2D eigenvalue weighted by Crippen LogP contribution is 2.28. The molecule has 2 atom stereocenters.